The summed E-state index contributed by atoms with van der Waals surface area (Å²) in [5.41, 5.74) is 2.23. The number of rotatable bonds is 6. The minimum absolute atomic E-state index is 0.156. The first-order valence-electron chi connectivity index (χ1n) is 9.22. The Hall–Kier alpha value is -1.88. The van der Waals surface area contributed by atoms with Crippen molar-refractivity contribution in [3.63, 3.8) is 0 Å². The topological polar surface area (TPSA) is 45.2 Å². The van der Waals surface area contributed by atoms with Crippen molar-refractivity contribution in [2.75, 3.05) is 25.0 Å². The summed E-state index contributed by atoms with van der Waals surface area (Å²) in [7, 11) is 0. The molecule has 1 aromatic heterocycles. The zero-order chi connectivity index (χ0) is 17.6. The van der Waals surface area contributed by atoms with Crippen LogP contribution in [0.2, 0.25) is 0 Å². The van der Waals surface area contributed by atoms with Crippen LogP contribution in [0.1, 0.15) is 47.1 Å². The molecule has 1 saturated heterocycles. The average molecular weight is 358 g/mol. The van der Waals surface area contributed by atoms with E-state index < -0.39 is 0 Å². The number of likely N-dealkylation sites (tertiary alicyclic amines) is 1. The molecule has 0 radical (unpaired) electrons. The Morgan fingerprint density at radius 3 is 2.92 bits per heavy atom. The standard InChI is InChI=1S/C20H27N3OS/c1-3-21-20-22-15(2)18(25-20)19(24)23-13-7-10-17(14-23)12-11-16-8-5-4-6-9-16/h4-6,8-9,17H,3,7,10-14H2,1-2H3,(H,21,22)/t17-/m0/s1. The second-order valence-corrected chi connectivity index (χ2v) is 7.75. The number of nitrogens with zero attached hydrogens (tertiary/aromatic N) is 2. The van der Waals surface area contributed by atoms with Gasteiger partial charge in [-0.25, -0.2) is 4.98 Å². The highest BCUT2D eigenvalue weighted by molar-refractivity contribution is 7.17. The highest BCUT2D eigenvalue weighted by Gasteiger charge is 2.27. The molecule has 0 saturated carbocycles. The normalized spacial score (nSPS) is 17.5. The second kappa shape index (κ2) is 8.48. The fraction of sp³-hybridized carbons (Fsp3) is 0.500. The fourth-order valence-corrected chi connectivity index (χ4v) is 4.47. The van der Waals surface area contributed by atoms with Gasteiger partial charge in [-0.3, -0.25) is 4.79 Å². The van der Waals surface area contributed by atoms with Gasteiger partial charge in [0.05, 0.1) is 5.69 Å². The molecule has 1 aliphatic heterocycles. The van der Waals surface area contributed by atoms with Gasteiger partial charge in [-0.15, -0.1) is 0 Å². The number of carbonyl (C=O) groups excluding carboxylic acids is 1. The lowest BCUT2D eigenvalue weighted by atomic mass is 9.91. The van der Waals surface area contributed by atoms with Gasteiger partial charge in [-0.2, -0.15) is 0 Å². The van der Waals surface area contributed by atoms with Gasteiger partial charge in [-0.05, 0) is 51.0 Å². The molecule has 4 nitrogen and oxygen atoms in total. The molecule has 2 heterocycles. The third-order valence-electron chi connectivity index (χ3n) is 4.81. The van der Waals surface area contributed by atoms with E-state index in [1.165, 1.54) is 23.3 Å². The van der Waals surface area contributed by atoms with E-state index in [1.807, 2.05) is 18.7 Å². The summed E-state index contributed by atoms with van der Waals surface area (Å²) in [6.45, 7) is 6.54. The first-order chi connectivity index (χ1) is 12.2. The summed E-state index contributed by atoms with van der Waals surface area (Å²) >= 11 is 1.48. The largest absolute Gasteiger partial charge is 0.362 e. The Labute approximate surface area is 154 Å². The number of carbonyl (C=O) groups is 1. The molecule has 1 amide bonds. The van der Waals surface area contributed by atoms with E-state index in [4.69, 9.17) is 0 Å². The number of hydrogen-bond donors (Lipinski definition) is 1. The Morgan fingerprint density at radius 2 is 2.16 bits per heavy atom. The van der Waals surface area contributed by atoms with E-state index in [0.29, 0.717) is 5.92 Å². The molecule has 0 bridgehead atoms. The maximum atomic E-state index is 12.9. The summed E-state index contributed by atoms with van der Waals surface area (Å²) in [6, 6.07) is 10.6. The van der Waals surface area contributed by atoms with E-state index in [-0.39, 0.29) is 5.91 Å². The van der Waals surface area contributed by atoms with Crippen LogP contribution in [0.4, 0.5) is 5.13 Å². The Morgan fingerprint density at radius 1 is 1.36 bits per heavy atom. The predicted molar refractivity (Wildman–Crippen MR) is 104 cm³/mol. The van der Waals surface area contributed by atoms with Crippen molar-refractivity contribution in [1.82, 2.24) is 9.88 Å². The van der Waals surface area contributed by atoms with Crippen molar-refractivity contribution in [2.45, 2.75) is 39.5 Å². The van der Waals surface area contributed by atoms with Crippen molar-refractivity contribution in [2.24, 2.45) is 5.92 Å². The van der Waals surface area contributed by atoms with Crippen LogP contribution < -0.4 is 5.32 Å². The number of aryl methyl sites for hydroxylation is 2. The minimum atomic E-state index is 0.156. The number of amides is 1. The lowest BCUT2D eigenvalue weighted by molar-refractivity contribution is 0.0672. The quantitative estimate of drug-likeness (QED) is 0.835. The van der Waals surface area contributed by atoms with E-state index in [2.05, 4.69) is 40.6 Å². The lowest BCUT2D eigenvalue weighted by Gasteiger charge is -2.32. The molecule has 0 aliphatic carbocycles. The highest BCUT2D eigenvalue weighted by Crippen LogP contribution is 2.27. The van der Waals surface area contributed by atoms with Crippen molar-refractivity contribution in [3.05, 3.63) is 46.5 Å². The molecule has 1 aromatic carbocycles. The smallest absolute Gasteiger partial charge is 0.265 e. The van der Waals surface area contributed by atoms with Crippen molar-refractivity contribution >= 4 is 22.4 Å². The zero-order valence-corrected chi connectivity index (χ0v) is 15.9. The highest BCUT2D eigenvalue weighted by atomic mass is 32.1. The van der Waals surface area contributed by atoms with Gasteiger partial charge >= 0.3 is 0 Å². The number of benzene rings is 1. The van der Waals surface area contributed by atoms with E-state index in [9.17, 15) is 4.79 Å². The Balaban J connectivity index is 1.59. The monoisotopic (exact) mass is 357 g/mol. The van der Waals surface area contributed by atoms with Crippen LogP contribution in [0.15, 0.2) is 30.3 Å². The van der Waals surface area contributed by atoms with Gasteiger partial charge in [0.15, 0.2) is 5.13 Å². The maximum absolute atomic E-state index is 12.9. The molecule has 1 aliphatic rings. The summed E-state index contributed by atoms with van der Waals surface area (Å²) in [5.74, 6) is 0.753. The number of piperidine rings is 1. The average Bonchev–Trinajstić information content (AvgIpc) is 3.01. The maximum Gasteiger partial charge on any atom is 0.265 e. The summed E-state index contributed by atoms with van der Waals surface area (Å²) in [6.07, 6.45) is 4.57. The molecule has 0 spiro atoms. The van der Waals surface area contributed by atoms with Crippen LogP contribution in [0, 0.1) is 12.8 Å². The SMILES string of the molecule is CCNc1nc(C)c(C(=O)N2CCC[C@@H](CCc3ccccc3)C2)s1. The van der Waals surface area contributed by atoms with Crippen LogP contribution in [0.3, 0.4) is 0 Å². The summed E-state index contributed by atoms with van der Waals surface area (Å²) < 4.78 is 0. The summed E-state index contributed by atoms with van der Waals surface area (Å²) in [5, 5.41) is 4.06. The molecule has 1 N–H and O–H groups in total. The molecule has 0 unspecified atom stereocenters. The fourth-order valence-electron chi connectivity index (χ4n) is 3.47. The van der Waals surface area contributed by atoms with Gasteiger partial charge in [-0.1, -0.05) is 41.7 Å². The molecular weight excluding hydrogens is 330 g/mol. The van der Waals surface area contributed by atoms with Gasteiger partial charge < -0.3 is 10.2 Å². The van der Waals surface area contributed by atoms with Crippen LogP contribution in [0.25, 0.3) is 0 Å². The molecule has 134 valence electrons. The number of aromatic nitrogens is 1. The number of anilines is 1. The van der Waals surface area contributed by atoms with Gasteiger partial charge in [0.25, 0.3) is 5.91 Å². The third kappa shape index (κ3) is 4.60. The van der Waals surface area contributed by atoms with E-state index in [1.54, 1.807) is 0 Å². The number of hydrogen-bond acceptors (Lipinski definition) is 4. The van der Waals surface area contributed by atoms with Gasteiger partial charge in [0.2, 0.25) is 0 Å². The van der Waals surface area contributed by atoms with Crippen LogP contribution in [0.5, 0.6) is 0 Å². The zero-order valence-electron chi connectivity index (χ0n) is 15.1. The predicted octanol–water partition coefficient (Wildman–Crippen LogP) is 4.37. The molecule has 1 atom stereocenters. The van der Waals surface area contributed by atoms with E-state index in [0.717, 1.165) is 54.6 Å². The minimum Gasteiger partial charge on any atom is -0.362 e. The van der Waals surface area contributed by atoms with E-state index >= 15 is 0 Å². The second-order valence-electron chi connectivity index (χ2n) is 6.75. The lowest BCUT2D eigenvalue weighted by Crippen LogP contribution is -2.40. The number of nitrogens with one attached hydrogen (secondary N) is 1. The van der Waals surface area contributed by atoms with Crippen molar-refractivity contribution < 1.29 is 4.79 Å². The molecule has 1 fully saturated rings. The molecule has 2 aromatic rings. The Kier molecular flexibility index (Phi) is 6.08. The van der Waals surface area contributed by atoms with Crippen LogP contribution >= 0.6 is 11.3 Å². The molecule has 5 heteroatoms. The first-order valence-corrected chi connectivity index (χ1v) is 10.0. The molecule has 25 heavy (non-hydrogen) atoms. The molecule has 3 rings (SSSR count). The third-order valence-corrected chi connectivity index (χ3v) is 5.91. The number of thiazole rings is 1. The summed E-state index contributed by atoms with van der Waals surface area (Å²) in [4.78, 5) is 20.2. The van der Waals surface area contributed by atoms with Gasteiger partial charge in [0.1, 0.15) is 4.88 Å². The molecular formula is C20H27N3OS. The van der Waals surface area contributed by atoms with Crippen LogP contribution in [-0.2, 0) is 6.42 Å². The van der Waals surface area contributed by atoms with Crippen LogP contribution in [-0.4, -0.2) is 35.4 Å². The first kappa shape index (κ1) is 17.9. The van der Waals surface area contributed by atoms with Gasteiger partial charge in [0, 0.05) is 19.6 Å². The van der Waals surface area contributed by atoms with Crippen molar-refractivity contribution in [1.29, 1.82) is 0 Å². The Bertz CT molecular complexity index is 698. The van der Waals surface area contributed by atoms with Crippen molar-refractivity contribution in [3.8, 4) is 0 Å².